The Hall–Kier alpha value is -1.40. The number of rotatable bonds is 6. The van der Waals surface area contributed by atoms with Crippen LogP contribution in [0.2, 0.25) is 0 Å². The summed E-state index contributed by atoms with van der Waals surface area (Å²) in [5.74, 6) is 1.14. The smallest absolute Gasteiger partial charge is 0.228 e. The summed E-state index contributed by atoms with van der Waals surface area (Å²) >= 11 is 0. The van der Waals surface area contributed by atoms with Gasteiger partial charge in [-0.05, 0) is 49.5 Å². The highest BCUT2D eigenvalue weighted by Gasteiger charge is 2.46. The third-order valence-corrected chi connectivity index (χ3v) is 6.55. The van der Waals surface area contributed by atoms with Crippen molar-refractivity contribution >= 4 is 5.91 Å². The van der Waals surface area contributed by atoms with Gasteiger partial charge in [0.05, 0.1) is 18.7 Å². The van der Waals surface area contributed by atoms with Crippen LogP contribution < -0.4 is 0 Å². The Balaban J connectivity index is 1.32. The molecule has 26 heavy (non-hydrogen) atoms. The van der Waals surface area contributed by atoms with Crippen molar-refractivity contribution in [3.8, 4) is 0 Å². The van der Waals surface area contributed by atoms with Crippen LogP contribution in [0, 0.1) is 11.3 Å². The topological polar surface area (TPSA) is 50.6 Å². The van der Waals surface area contributed by atoms with Crippen molar-refractivity contribution in [3.63, 3.8) is 0 Å². The molecule has 1 atom stereocenters. The molecule has 1 aliphatic carbocycles. The van der Waals surface area contributed by atoms with Crippen molar-refractivity contribution in [2.75, 3.05) is 39.9 Å². The second-order valence-electron chi connectivity index (χ2n) is 8.72. The summed E-state index contributed by atoms with van der Waals surface area (Å²) in [6.45, 7) is 5.07. The molecule has 1 saturated carbocycles. The maximum atomic E-state index is 12.6. The lowest BCUT2D eigenvalue weighted by atomic mass is 9.76. The Morgan fingerprint density at radius 1 is 1.35 bits per heavy atom. The van der Waals surface area contributed by atoms with Gasteiger partial charge in [0, 0.05) is 52.6 Å². The lowest BCUT2D eigenvalue weighted by molar-refractivity contribution is -0.132. The predicted molar refractivity (Wildman–Crippen MR) is 99.7 cm³/mol. The number of piperidine rings is 1. The molecule has 1 aromatic rings. The van der Waals surface area contributed by atoms with Crippen molar-refractivity contribution in [2.24, 2.45) is 18.4 Å². The van der Waals surface area contributed by atoms with Gasteiger partial charge in [0.25, 0.3) is 0 Å². The summed E-state index contributed by atoms with van der Waals surface area (Å²) in [4.78, 5) is 17.3. The van der Waals surface area contributed by atoms with E-state index in [2.05, 4.69) is 14.9 Å². The van der Waals surface area contributed by atoms with Gasteiger partial charge in [-0.1, -0.05) is 0 Å². The maximum Gasteiger partial charge on any atom is 0.228 e. The largest absolute Gasteiger partial charge is 0.383 e. The predicted octanol–water partition coefficient (Wildman–Crippen LogP) is 1.70. The first-order valence-corrected chi connectivity index (χ1v) is 10.1. The first-order chi connectivity index (χ1) is 12.6. The summed E-state index contributed by atoms with van der Waals surface area (Å²) in [5, 5.41) is 4.34. The average molecular weight is 361 g/mol. The highest BCUT2D eigenvalue weighted by Crippen LogP contribution is 2.45. The van der Waals surface area contributed by atoms with Gasteiger partial charge in [0.1, 0.15) is 0 Å². The summed E-state index contributed by atoms with van der Waals surface area (Å²) in [7, 11) is 3.71. The Labute approximate surface area is 156 Å². The van der Waals surface area contributed by atoms with Crippen LogP contribution in [0.25, 0.3) is 0 Å². The first kappa shape index (κ1) is 18.0. The number of hydrogen-bond acceptors (Lipinski definition) is 4. The van der Waals surface area contributed by atoms with Crippen molar-refractivity contribution in [1.82, 2.24) is 19.6 Å². The number of methoxy groups -OCH3 is 1. The first-order valence-electron chi connectivity index (χ1n) is 10.1. The Kier molecular flexibility index (Phi) is 5.06. The van der Waals surface area contributed by atoms with Gasteiger partial charge in [0.15, 0.2) is 0 Å². The zero-order valence-corrected chi connectivity index (χ0v) is 16.2. The van der Waals surface area contributed by atoms with E-state index < -0.39 is 0 Å². The standard InChI is InChI=1S/C20H32N4O2/c1-22-8-5-17(21-22)11-19(25)23-9-6-20(7-10-23)12-18(14-26-2)24(15-20)13-16-3-4-16/h5,8,16,18H,3-4,6-7,9-15H2,1-2H3/t18-/m1/s1. The molecular weight excluding hydrogens is 328 g/mol. The van der Waals surface area contributed by atoms with Gasteiger partial charge in [-0.2, -0.15) is 5.10 Å². The van der Waals surface area contributed by atoms with Crippen LogP contribution in [0.1, 0.15) is 37.8 Å². The number of nitrogens with zero attached hydrogens (tertiary/aromatic N) is 4. The number of aryl methyl sites for hydroxylation is 1. The van der Waals surface area contributed by atoms with Crippen LogP contribution >= 0.6 is 0 Å². The van der Waals surface area contributed by atoms with E-state index >= 15 is 0 Å². The van der Waals surface area contributed by atoms with E-state index in [4.69, 9.17) is 4.74 Å². The van der Waals surface area contributed by atoms with Crippen LogP contribution in [-0.2, 0) is 23.0 Å². The van der Waals surface area contributed by atoms with E-state index in [0.29, 0.717) is 17.9 Å². The molecule has 3 heterocycles. The minimum atomic E-state index is 0.222. The molecule has 144 valence electrons. The van der Waals surface area contributed by atoms with Crippen molar-refractivity contribution in [1.29, 1.82) is 0 Å². The maximum absolute atomic E-state index is 12.6. The molecule has 3 fully saturated rings. The number of aromatic nitrogens is 2. The fourth-order valence-corrected chi connectivity index (χ4v) is 4.87. The molecule has 6 nitrogen and oxygen atoms in total. The quantitative estimate of drug-likeness (QED) is 0.775. The number of ether oxygens (including phenoxy) is 1. The Morgan fingerprint density at radius 2 is 2.12 bits per heavy atom. The fraction of sp³-hybridized carbons (Fsp3) is 0.800. The molecule has 3 aliphatic rings. The number of likely N-dealkylation sites (tertiary alicyclic amines) is 2. The van der Waals surface area contributed by atoms with Gasteiger partial charge < -0.3 is 9.64 Å². The average Bonchev–Trinajstić information content (AvgIpc) is 3.25. The normalized spacial score (nSPS) is 25.9. The lowest BCUT2D eigenvalue weighted by Crippen LogP contribution is -2.45. The van der Waals surface area contributed by atoms with E-state index in [0.717, 1.165) is 44.1 Å². The summed E-state index contributed by atoms with van der Waals surface area (Å²) in [5.41, 5.74) is 1.26. The summed E-state index contributed by atoms with van der Waals surface area (Å²) < 4.78 is 7.27. The number of carbonyl (C=O) groups excluding carboxylic acids is 1. The number of carbonyl (C=O) groups is 1. The van der Waals surface area contributed by atoms with Crippen LogP contribution in [0.4, 0.5) is 0 Å². The van der Waals surface area contributed by atoms with E-state index in [9.17, 15) is 4.79 Å². The van der Waals surface area contributed by atoms with Crippen LogP contribution in [0.15, 0.2) is 12.3 Å². The molecule has 0 unspecified atom stereocenters. The van der Waals surface area contributed by atoms with Gasteiger partial charge in [-0.15, -0.1) is 0 Å². The Morgan fingerprint density at radius 3 is 2.73 bits per heavy atom. The van der Waals surface area contributed by atoms with Crippen LogP contribution in [0.3, 0.4) is 0 Å². The van der Waals surface area contributed by atoms with E-state index in [-0.39, 0.29) is 5.91 Å². The zero-order valence-electron chi connectivity index (χ0n) is 16.2. The highest BCUT2D eigenvalue weighted by atomic mass is 16.5. The second kappa shape index (κ2) is 7.31. The molecule has 1 spiro atoms. The van der Waals surface area contributed by atoms with E-state index in [1.165, 1.54) is 32.4 Å². The van der Waals surface area contributed by atoms with Gasteiger partial charge >= 0.3 is 0 Å². The number of amides is 1. The van der Waals surface area contributed by atoms with Gasteiger partial charge in [-0.25, -0.2) is 0 Å². The Bertz CT molecular complexity index is 632. The third-order valence-electron chi connectivity index (χ3n) is 6.55. The SMILES string of the molecule is COC[C@H]1CC2(CCN(C(=O)Cc3ccn(C)n3)CC2)CN1CC1CC1. The van der Waals surface area contributed by atoms with Gasteiger partial charge in [-0.3, -0.25) is 14.4 Å². The molecule has 0 bridgehead atoms. The summed E-state index contributed by atoms with van der Waals surface area (Å²) in [6.07, 6.45) is 8.61. The highest BCUT2D eigenvalue weighted by molar-refractivity contribution is 5.78. The molecule has 4 rings (SSSR count). The zero-order chi connectivity index (χ0) is 18.1. The van der Waals surface area contributed by atoms with E-state index in [1.807, 2.05) is 26.4 Å². The molecule has 2 aliphatic heterocycles. The lowest BCUT2D eigenvalue weighted by Gasteiger charge is -2.39. The molecule has 6 heteroatoms. The molecule has 1 aromatic heterocycles. The van der Waals surface area contributed by atoms with Crippen molar-refractivity contribution < 1.29 is 9.53 Å². The van der Waals surface area contributed by atoms with Crippen molar-refractivity contribution in [2.45, 2.75) is 44.6 Å². The monoisotopic (exact) mass is 360 g/mol. The molecule has 2 saturated heterocycles. The minimum Gasteiger partial charge on any atom is -0.383 e. The second-order valence-corrected chi connectivity index (χ2v) is 8.72. The minimum absolute atomic E-state index is 0.222. The van der Waals surface area contributed by atoms with Crippen molar-refractivity contribution in [3.05, 3.63) is 18.0 Å². The summed E-state index contributed by atoms with van der Waals surface area (Å²) in [6, 6.07) is 2.50. The van der Waals surface area contributed by atoms with E-state index in [1.54, 1.807) is 4.68 Å². The molecule has 0 radical (unpaired) electrons. The molecule has 0 aromatic carbocycles. The molecule has 1 amide bonds. The fourth-order valence-electron chi connectivity index (χ4n) is 4.87. The van der Waals surface area contributed by atoms with Crippen LogP contribution in [0.5, 0.6) is 0 Å². The van der Waals surface area contributed by atoms with Gasteiger partial charge in [0.2, 0.25) is 5.91 Å². The number of hydrogen-bond donors (Lipinski definition) is 0. The van der Waals surface area contributed by atoms with Crippen LogP contribution in [-0.4, -0.2) is 71.4 Å². The molecular formula is C20H32N4O2. The molecule has 0 N–H and O–H groups in total. The third kappa shape index (κ3) is 3.96.